The Bertz CT molecular complexity index is 344. The average Bonchev–Trinajstić information content (AvgIpc) is 2.31. The Morgan fingerprint density at radius 3 is 2.47 bits per heavy atom. The maximum atomic E-state index is 11.6. The van der Waals surface area contributed by atoms with Crippen LogP contribution in [0.15, 0.2) is 0 Å². The molecule has 6 heteroatoms. The third-order valence-corrected chi connectivity index (χ3v) is 5.23. The minimum absolute atomic E-state index is 0.137. The Morgan fingerprint density at radius 2 is 1.89 bits per heavy atom. The fraction of sp³-hybridized carbons (Fsp3) is 1.00. The molecule has 0 amide bonds. The molecule has 1 aliphatic rings. The minimum Gasteiger partial charge on any atom is -0.312 e. The molecular weight excluding hydrogens is 262 g/mol. The van der Waals surface area contributed by atoms with E-state index < -0.39 is 9.84 Å². The van der Waals surface area contributed by atoms with Crippen LogP contribution >= 0.6 is 0 Å². The van der Waals surface area contributed by atoms with E-state index in [1.807, 2.05) is 0 Å². The predicted molar refractivity (Wildman–Crippen MR) is 80.3 cm³/mol. The molecule has 114 valence electrons. The van der Waals surface area contributed by atoms with Gasteiger partial charge in [0.25, 0.3) is 0 Å². The van der Waals surface area contributed by atoms with Crippen molar-refractivity contribution in [3.8, 4) is 0 Å². The standard InChI is InChI=1S/C13H29N3O2S/c1-4-7-16(10-9-15(2)3)8-5-13-12-19(17,18)11-6-14-13/h13-14H,4-12H2,1-3H3. The van der Waals surface area contributed by atoms with E-state index >= 15 is 0 Å². The fourth-order valence-electron chi connectivity index (χ4n) is 2.38. The summed E-state index contributed by atoms with van der Waals surface area (Å²) < 4.78 is 23.2. The number of nitrogens with one attached hydrogen (secondary N) is 1. The molecular formula is C13H29N3O2S. The molecule has 0 aromatic rings. The van der Waals surface area contributed by atoms with Crippen LogP contribution in [-0.2, 0) is 9.84 Å². The highest BCUT2D eigenvalue weighted by Crippen LogP contribution is 2.06. The largest absolute Gasteiger partial charge is 0.312 e. The third-order valence-electron chi connectivity index (χ3n) is 3.50. The van der Waals surface area contributed by atoms with Gasteiger partial charge in [-0.05, 0) is 40.0 Å². The smallest absolute Gasteiger partial charge is 0.153 e. The first-order valence-corrected chi connectivity index (χ1v) is 9.06. The van der Waals surface area contributed by atoms with Crippen molar-refractivity contribution in [2.75, 3.05) is 58.3 Å². The maximum absolute atomic E-state index is 11.6. The molecule has 1 N–H and O–H groups in total. The summed E-state index contributed by atoms with van der Waals surface area (Å²) in [5.74, 6) is 0.601. The topological polar surface area (TPSA) is 52.7 Å². The molecule has 1 unspecified atom stereocenters. The lowest BCUT2D eigenvalue weighted by Gasteiger charge is -2.28. The van der Waals surface area contributed by atoms with E-state index in [-0.39, 0.29) is 6.04 Å². The van der Waals surface area contributed by atoms with E-state index in [1.54, 1.807) is 0 Å². The molecule has 19 heavy (non-hydrogen) atoms. The van der Waals surface area contributed by atoms with E-state index in [9.17, 15) is 8.42 Å². The van der Waals surface area contributed by atoms with E-state index in [4.69, 9.17) is 0 Å². The van der Waals surface area contributed by atoms with Crippen molar-refractivity contribution in [3.63, 3.8) is 0 Å². The number of likely N-dealkylation sites (N-methyl/N-ethyl adjacent to an activating group) is 1. The van der Waals surface area contributed by atoms with Gasteiger partial charge in [0, 0.05) is 25.7 Å². The predicted octanol–water partition coefficient (Wildman–Crippen LogP) is 0.0367. The Kier molecular flexibility index (Phi) is 7.28. The summed E-state index contributed by atoms with van der Waals surface area (Å²) in [4.78, 5) is 4.62. The molecule has 0 spiro atoms. The quantitative estimate of drug-likeness (QED) is 0.684. The van der Waals surface area contributed by atoms with Gasteiger partial charge in [-0.2, -0.15) is 0 Å². The number of rotatable bonds is 8. The van der Waals surface area contributed by atoms with Crippen molar-refractivity contribution in [2.24, 2.45) is 0 Å². The lowest BCUT2D eigenvalue weighted by atomic mass is 10.2. The fourth-order valence-corrected chi connectivity index (χ4v) is 3.88. The number of hydrogen-bond acceptors (Lipinski definition) is 5. The Hall–Kier alpha value is -0.170. The zero-order valence-electron chi connectivity index (χ0n) is 12.6. The van der Waals surface area contributed by atoms with Gasteiger partial charge in [0.15, 0.2) is 9.84 Å². The first kappa shape index (κ1) is 16.9. The molecule has 1 saturated heterocycles. The SMILES string of the molecule is CCCN(CCC1CS(=O)(=O)CCN1)CCN(C)C. The van der Waals surface area contributed by atoms with Crippen LogP contribution < -0.4 is 5.32 Å². The van der Waals surface area contributed by atoms with Crippen LogP contribution in [0.2, 0.25) is 0 Å². The second-order valence-electron chi connectivity index (χ2n) is 5.70. The molecule has 1 heterocycles. The molecule has 1 aliphatic heterocycles. The summed E-state index contributed by atoms with van der Waals surface area (Å²) in [7, 11) is 1.36. The van der Waals surface area contributed by atoms with Crippen molar-refractivity contribution in [3.05, 3.63) is 0 Å². The first-order chi connectivity index (χ1) is 8.93. The summed E-state index contributed by atoms with van der Waals surface area (Å²) in [5.41, 5.74) is 0. The molecule has 1 atom stereocenters. The van der Waals surface area contributed by atoms with Crippen LogP contribution in [0.5, 0.6) is 0 Å². The second kappa shape index (κ2) is 8.19. The van der Waals surface area contributed by atoms with Crippen molar-refractivity contribution < 1.29 is 8.42 Å². The maximum Gasteiger partial charge on any atom is 0.153 e. The van der Waals surface area contributed by atoms with Gasteiger partial charge < -0.3 is 15.1 Å². The van der Waals surface area contributed by atoms with Crippen LogP contribution in [0.25, 0.3) is 0 Å². The van der Waals surface area contributed by atoms with Crippen LogP contribution in [0, 0.1) is 0 Å². The molecule has 0 aromatic heterocycles. The highest BCUT2D eigenvalue weighted by Gasteiger charge is 2.24. The molecule has 0 bridgehead atoms. The molecule has 5 nitrogen and oxygen atoms in total. The van der Waals surface area contributed by atoms with Gasteiger partial charge in [0.1, 0.15) is 0 Å². The highest BCUT2D eigenvalue weighted by atomic mass is 32.2. The summed E-state index contributed by atoms with van der Waals surface area (Å²) in [6.45, 7) is 6.98. The molecule has 1 rings (SSSR count). The minimum atomic E-state index is -2.81. The van der Waals surface area contributed by atoms with E-state index in [0.29, 0.717) is 18.1 Å². The zero-order valence-corrected chi connectivity index (χ0v) is 13.4. The number of nitrogens with zero attached hydrogens (tertiary/aromatic N) is 2. The summed E-state index contributed by atoms with van der Waals surface area (Å²) >= 11 is 0. The molecule has 0 radical (unpaired) electrons. The van der Waals surface area contributed by atoms with Crippen LogP contribution in [0.4, 0.5) is 0 Å². The highest BCUT2D eigenvalue weighted by molar-refractivity contribution is 7.91. The summed E-state index contributed by atoms with van der Waals surface area (Å²) in [5, 5.41) is 3.32. The van der Waals surface area contributed by atoms with Gasteiger partial charge in [-0.3, -0.25) is 0 Å². The van der Waals surface area contributed by atoms with Crippen molar-refractivity contribution >= 4 is 9.84 Å². The van der Waals surface area contributed by atoms with E-state index in [2.05, 4.69) is 36.1 Å². The molecule has 0 aliphatic carbocycles. The lowest BCUT2D eigenvalue weighted by Crippen LogP contribution is -2.46. The molecule has 0 aromatic carbocycles. The van der Waals surface area contributed by atoms with Crippen molar-refractivity contribution in [1.82, 2.24) is 15.1 Å². The Labute approximate surface area is 118 Å². The van der Waals surface area contributed by atoms with E-state index in [1.165, 1.54) is 0 Å². The Balaban J connectivity index is 2.34. The zero-order chi connectivity index (χ0) is 14.3. The van der Waals surface area contributed by atoms with Crippen molar-refractivity contribution in [2.45, 2.75) is 25.8 Å². The first-order valence-electron chi connectivity index (χ1n) is 7.24. The third kappa shape index (κ3) is 7.25. The van der Waals surface area contributed by atoms with Gasteiger partial charge in [-0.15, -0.1) is 0 Å². The van der Waals surface area contributed by atoms with Gasteiger partial charge >= 0.3 is 0 Å². The molecule has 0 saturated carbocycles. The summed E-state index contributed by atoms with van der Waals surface area (Å²) in [6.07, 6.45) is 2.07. The number of sulfone groups is 1. The monoisotopic (exact) mass is 291 g/mol. The van der Waals surface area contributed by atoms with Gasteiger partial charge in [0.2, 0.25) is 0 Å². The summed E-state index contributed by atoms with van der Waals surface area (Å²) in [6, 6.07) is 0.137. The Morgan fingerprint density at radius 1 is 1.16 bits per heavy atom. The van der Waals surface area contributed by atoms with Gasteiger partial charge in [0.05, 0.1) is 11.5 Å². The average molecular weight is 291 g/mol. The normalized spacial score (nSPS) is 23.1. The van der Waals surface area contributed by atoms with Crippen LogP contribution in [0.1, 0.15) is 19.8 Å². The van der Waals surface area contributed by atoms with Crippen LogP contribution in [0.3, 0.4) is 0 Å². The van der Waals surface area contributed by atoms with Crippen LogP contribution in [-0.4, -0.2) is 82.6 Å². The lowest BCUT2D eigenvalue weighted by molar-refractivity contribution is 0.231. The van der Waals surface area contributed by atoms with Gasteiger partial charge in [-0.25, -0.2) is 8.42 Å². The molecule has 1 fully saturated rings. The second-order valence-corrected chi connectivity index (χ2v) is 7.93. The van der Waals surface area contributed by atoms with E-state index in [0.717, 1.165) is 39.0 Å². The van der Waals surface area contributed by atoms with Crippen molar-refractivity contribution in [1.29, 1.82) is 0 Å². The van der Waals surface area contributed by atoms with Gasteiger partial charge in [-0.1, -0.05) is 6.92 Å². The number of hydrogen-bond donors (Lipinski definition) is 1.